The summed E-state index contributed by atoms with van der Waals surface area (Å²) in [4.78, 5) is 24.3. The van der Waals surface area contributed by atoms with E-state index in [9.17, 15) is 14.0 Å². The molecule has 0 unspecified atom stereocenters. The largest absolute Gasteiger partial charge is 0.328 e. The highest BCUT2D eigenvalue weighted by atomic mass is 35.5. The molecule has 1 heterocycles. The second-order valence-corrected chi connectivity index (χ2v) is 3.89. The smallest absolute Gasteiger partial charge is 0.296 e. The molecule has 0 aliphatic rings. The zero-order valence-corrected chi connectivity index (χ0v) is 9.37. The van der Waals surface area contributed by atoms with Crippen LogP contribution in [-0.4, -0.2) is 9.55 Å². The van der Waals surface area contributed by atoms with Gasteiger partial charge in [-0.3, -0.25) is 14.3 Å². The van der Waals surface area contributed by atoms with E-state index in [2.05, 4.69) is 4.98 Å². The van der Waals surface area contributed by atoms with E-state index in [1.807, 2.05) is 0 Å². The van der Waals surface area contributed by atoms with E-state index >= 15 is 0 Å². The molecule has 2 aromatic rings. The highest BCUT2D eigenvalue weighted by Gasteiger charge is 2.03. The summed E-state index contributed by atoms with van der Waals surface area (Å²) in [6, 6.07) is 5.51. The SMILES string of the molecule is O=c1ccn(Cc2ccc(Cl)c(F)c2)c(=O)[nH]1. The maximum absolute atomic E-state index is 13.2. The Morgan fingerprint density at radius 3 is 2.71 bits per heavy atom. The van der Waals surface area contributed by atoms with E-state index < -0.39 is 17.1 Å². The van der Waals surface area contributed by atoms with Crippen LogP contribution in [0, 0.1) is 5.82 Å². The molecule has 0 atom stereocenters. The van der Waals surface area contributed by atoms with Crippen LogP contribution in [0.25, 0.3) is 0 Å². The van der Waals surface area contributed by atoms with Crippen LogP contribution in [-0.2, 0) is 6.54 Å². The van der Waals surface area contributed by atoms with Gasteiger partial charge in [-0.15, -0.1) is 0 Å². The van der Waals surface area contributed by atoms with Crippen molar-refractivity contribution in [3.8, 4) is 0 Å². The molecule has 17 heavy (non-hydrogen) atoms. The molecule has 4 nitrogen and oxygen atoms in total. The average molecular weight is 255 g/mol. The molecule has 0 aliphatic heterocycles. The Morgan fingerprint density at radius 2 is 2.06 bits per heavy atom. The maximum Gasteiger partial charge on any atom is 0.328 e. The lowest BCUT2D eigenvalue weighted by Gasteiger charge is -2.05. The third kappa shape index (κ3) is 2.62. The lowest BCUT2D eigenvalue weighted by Crippen LogP contribution is -2.28. The van der Waals surface area contributed by atoms with Crippen molar-refractivity contribution < 1.29 is 4.39 Å². The van der Waals surface area contributed by atoms with Gasteiger partial charge in [-0.2, -0.15) is 0 Å². The monoisotopic (exact) mass is 254 g/mol. The summed E-state index contributed by atoms with van der Waals surface area (Å²) in [6.45, 7) is 0.170. The van der Waals surface area contributed by atoms with E-state index in [1.165, 1.54) is 29.0 Å². The van der Waals surface area contributed by atoms with E-state index in [0.29, 0.717) is 5.56 Å². The minimum absolute atomic E-state index is 0.0302. The van der Waals surface area contributed by atoms with Crippen molar-refractivity contribution in [1.82, 2.24) is 9.55 Å². The fourth-order valence-electron chi connectivity index (χ4n) is 1.40. The van der Waals surface area contributed by atoms with Gasteiger partial charge in [0.05, 0.1) is 11.6 Å². The third-order valence-electron chi connectivity index (χ3n) is 2.23. The summed E-state index contributed by atoms with van der Waals surface area (Å²) in [6.07, 6.45) is 1.35. The van der Waals surface area contributed by atoms with E-state index in [-0.39, 0.29) is 11.6 Å². The molecular formula is C11H8ClFN2O2. The minimum atomic E-state index is -0.540. The molecule has 0 spiro atoms. The molecule has 1 aromatic carbocycles. The van der Waals surface area contributed by atoms with Crippen LogP contribution < -0.4 is 11.2 Å². The second kappa shape index (κ2) is 4.55. The quantitative estimate of drug-likeness (QED) is 0.880. The topological polar surface area (TPSA) is 54.9 Å². The number of H-pyrrole nitrogens is 1. The van der Waals surface area contributed by atoms with Crippen LogP contribution in [0.3, 0.4) is 0 Å². The first-order valence-corrected chi connectivity index (χ1v) is 5.18. The van der Waals surface area contributed by atoms with E-state index in [0.717, 1.165) is 0 Å². The summed E-state index contributed by atoms with van der Waals surface area (Å²) < 4.78 is 14.4. The van der Waals surface area contributed by atoms with Gasteiger partial charge in [-0.25, -0.2) is 9.18 Å². The lowest BCUT2D eigenvalue weighted by molar-refractivity contribution is 0.622. The predicted molar refractivity (Wildman–Crippen MR) is 61.8 cm³/mol. The van der Waals surface area contributed by atoms with Gasteiger partial charge in [0.15, 0.2) is 0 Å². The number of hydrogen-bond acceptors (Lipinski definition) is 2. The van der Waals surface area contributed by atoms with Gasteiger partial charge in [0, 0.05) is 12.3 Å². The van der Waals surface area contributed by atoms with Crippen LogP contribution in [0.1, 0.15) is 5.56 Å². The number of nitrogens with zero attached hydrogens (tertiary/aromatic N) is 1. The van der Waals surface area contributed by atoms with Gasteiger partial charge in [0.2, 0.25) is 0 Å². The molecule has 1 aromatic heterocycles. The van der Waals surface area contributed by atoms with Crippen LogP contribution in [0.2, 0.25) is 5.02 Å². The molecule has 0 saturated heterocycles. The molecular weight excluding hydrogens is 247 g/mol. The third-order valence-corrected chi connectivity index (χ3v) is 2.54. The molecule has 0 fully saturated rings. The number of halogens is 2. The first-order valence-electron chi connectivity index (χ1n) is 4.80. The molecule has 0 saturated carbocycles. The van der Waals surface area contributed by atoms with Gasteiger partial charge < -0.3 is 0 Å². The average Bonchev–Trinajstić information content (AvgIpc) is 2.27. The van der Waals surface area contributed by atoms with Gasteiger partial charge in [-0.1, -0.05) is 17.7 Å². The predicted octanol–water partition coefficient (Wildman–Crippen LogP) is 1.38. The maximum atomic E-state index is 13.2. The van der Waals surface area contributed by atoms with Gasteiger partial charge >= 0.3 is 5.69 Å². The number of nitrogens with one attached hydrogen (secondary N) is 1. The molecule has 1 N–H and O–H groups in total. The van der Waals surface area contributed by atoms with Crippen LogP contribution >= 0.6 is 11.6 Å². The van der Waals surface area contributed by atoms with Crippen LogP contribution in [0.4, 0.5) is 4.39 Å². The van der Waals surface area contributed by atoms with Crippen molar-refractivity contribution in [2.75, 3.05) is 0 Å². The Balaban J connectivity index is 2.35. The van der Waals surface area contributed by atoms with Crippen LogP contribution in [0.15, 0.2) is 40.1 Å². The Labute approximate surface area is 100 Å². The summed E-state index contributed by atoms with van der Waals surface area (Å²) in [5, 5.41) is 0.0302. The molecule has 0 aliphatic carbocycles. The summed E-state index contributed by atoms with van der Waals surface area (Å²) in [7, 11) is 0. The summed E-state index contributed by atoms with van der Waals surface area (Å²) >= 11 is 5.54. The van der Waals surface area contributed by atoms with Gasteiger partial charge in [-0.05, 0) is 17.7 Å². The Kier molecular flexibility index (Phi) is 3.10. The normalized spacial score (nSPS) is 10.5. The fraction of sp³-hybridized carbons (Fsp3) is 0.0909. The summed E-state index contributed by atoms with van der Waals surface area (Å²) in [5.41, 5.74) is -0.414. The minimum Gasteiger partial charge on any atom is -0.296 e. The molecule has 0 radical (unpaired) electrons. The van der Waals surface area contributed by atoms with E-state index in [4.69, 9.17) is 11.6 Å². The Hall–Kier alpha value is -1.88. The van der Waals surface area contributed by atoms with Crippen molar-refractivity contribution >= 4 is 11.6 Å². The second-order valence-electron chi connectivity index (χ2n) is 3.49. The molecule has 2 rings (SSSR count). The van der Waals surface area contributed by atoms with Crippen LogP contribution in [0.5, 0.6) is 0 Å². The van der Waals surface area contributed by atoms with Gasteiger partial charge in [0.25, 0.3) is 5.56 Å². The van der Waals surface area contributed by atoms with E-state index in [1.54, 1.807) is 6.07 Å². The number of rotatable bonds is 2. The Morgan fingerprint density at radius 1 is 1.29 bits per heavy atom. The summed E-state index contributed by atoms with van der Waals surface area (Å²) in [5.74, 6) is -0.540. The highest BCUT2D eigenvalue weighted by Crippen LogP contribution is 2.15. The van der Waals surface area contributed by atoms with Crippen molar-refractivity contribution in [3.63, 3.8) is 0 Å². The molecule has 6 heteroatoms. The van der Waals surface area contributed by atoms with Crippen molar-refractivity contribution in [3.05, 3.63) is 67.7 Å². The molecule has 0 bridgehead atoms. The lowest BCUT2D eigenvalue weighted by atomic mass is 10.2. The zero-order valence-electron chi connectivity index (χ0n) is 8.61. The zero-order chi connectivity index (χ0) is 12.4. The highest BCUT2D eigenvalue weighted by molar-refractivity contribution is 6.30. The molecule has 0 amide bonds. The van der Waals surface area contributed by atoms with Crippen molar-refractivity contribution in [2.45, 2.75) is 6.54 Å². The number of benzene rings is 1. The van der Waals surface area contributed by atoms with Crippen molar-refractivity contribution in [2.24, 2.45) is 0 Å². The first-order chi connectivity index (χ1) is 8.06. The number of aromatic amines is 1. The molecule has 88 valence electrons. The standard InChI is InChI=1S/C11H8ClFN2O2/c12-8-2-1-7(5-9(8)13)6-15-4-3-10(16)14-11(15)17/h1-5H,6H2,(H,14,16,17). The van der Waals surface area contributed by atoms with Gasteiger partial charge in [0.1, 0.15) is 5.82 Å². The number of aromatic nitrogens is 2. The fourth-order valence-corrected chi connectivity index (χ4v) is 1.52. The van der Waals surface area contributed by atoms with Crippen molar-refractivity contribution in [1.29, 1.82) is 0 Å². The number of hydrogen-bond donors (Lipinski definition) is 1. The first kappa shape index (κ1) is 11.6. The Bertz CT molecular complexity index is 663.